The molecule has 1 heterocycles. The van der Waals surface area contributed by atoms with Gasteiger partial charge in [-0.25, -0.2) is 0 Å². The maximum Gasteiger partial charge on any atom is 0.306 e. The molecule has 1 aliphatic rings. The topological polar surface area (TPSA) is 75.1 Å². The van der Waals surface area contributed by atoms with Gasteiger partial charge in [-0.3, -0.25) is 4.79 Å². The number of rotatable bonds is 3. The number of carboxylic acids is 1. The number of nitrogens with one attached hydrogen (secondary N) is 1. The Morgan fingerprint density at radius 1 is 1.24 bits per heavy atom. The molecular formula is C16H19N3O2. The summed E-state index contributed by atoms with van der Waals surface area (Å²) in [5.74, 6) is -0.186. The molecule has 2 unspecified atom stereocenters. The minimum Gasteiger partial charge on any atom is -0.481 e. The molecule has 2 aromatic rings. The van der Waals surface area contributed by atoms with Crippen molar-refractivity contribution >= 4 is 22.6 Å². The molecule has 5 nitrogen and oxygen atoms in total. The molecule has 110 valence electrons. The third-order valence-electron chi connectivity index (χ3n) is 4.24. The number of fused-ring (bicyclic) bond motifs is 1. The summed E-state index contributed by atoms with van der Waals surface area (Å²) in [5, 5.41) is 23.2. The van der Waals surface area contributed by atoms with Crippen molar-refractivity contribution in [1.29, 1.82) is 0 Å². The van der Waals surface area contributed by atoms with Crippen molar-refractivity contribution in [1.82, 2.24) is 10.2 Å². The van der Waals surface area contributed by atoms with Gasteiger partial charge in [0.15, 0.2) is 5.82 Å². The van der Waals surface area contributed by atoms with Gasteiger partial charge < -0.3 is 10.4 Å². The summed E-state index contributed by atoms with van der Waals surface area (Å²) < 4.78 is 0. The summed E-state index contributed by atoms with van der Waals surface area (Å²) in [7, 11) is 0. The van der Waals surface area contributed by atoms with Gasteiger partial charge in [-0.1, -0.05) is 30.7 Å². The Balaban J connectivity index is 1.85. The van der Waals surface area contributed by atoms with E-state index in [0.29, 0.717) is 6.42 Å². The van der Waals surface area contributed by atoms with E-state index in [0.717, 1.165) is 41.5 Å². The molecule has 21 heavy (non-hydrogen) atoms. The minimum atomic E-state index is -0.693. The number of hydrogen-bond acceptors (Lipinski definition) is 4. The molecule has 0 saturated heterocycles. The Hall–Kier alpha value is -2.17. The van der Waals surface area contributed by atoms with Crippen molar-refractivity contribution in [2.75, 3.05) is 5.32 Å². The van der Waals surface area contributed by atoms with Gasteiger partial charge in [0, 0.05) is 16.8 Å². The van der Waals surface area contributed by atoms with E-state index in [1.807, 2.05) is 31.2 Å². The summed E-state index contributed by atoms with van der Waals surface area (Å²) >= 11 is 0. The highest BCUT2D eigenvalue weighted by molar-refractivity contribution is 5.92. The standard InChI is InChI=1S/C16H19N3O2/c1-10-13-7-2-3-8-14(13)15(19-18-10)17-12-6-4-5-11(9-12)16(20)21/h2-3,7-8,11-12H,4-6,9H2,1H3,(H,17,19)(H,20,21). The number of aryl methyl sites for hydroxylation is 1. The molecule has 1 aromatic heterocycles. The number of anilines is 1. The molecule has 1 aliphatic carbocycles. The summed E-state index contributed by atoms with van der Waals surface area (Å²) in [6.45, 7) is 1.94. The van der Waals surface area contributed by atoms with Crippen LogP contribution in [0.3, 0.4) is 0 Å². The van der Waals surface area contributed by atoms with Gasteiger partial charge in [-0.15, -0.1) is 5.10 Å². The molecule has 1 saturated carbocycles. The third kappa shape index (κ3) is 2.82. The molecule has 2 atom stereocenters. The lowest BCUT2D eigenvalue weighted by Gasteiger charge is -2.28. The maximum atomic E-state index is 11.2. The minimum absolute atomic E-state index is 0.153. The highest BCUT2D eigenvalue weighted by Crippen LogP contribution is 2.29. The van der Waals surface area contributed by atoms with Crippen LogP contribution in [0.4, 0.5) is 5.82 Å². The largest absolute Gasteiger partial charge is 0.481 e. The third-order valence-corrected chi connectivity index (χ3v) is 4.24. The number of hydrogen-bond donors (Lipinski definition) is 2. The van der Waals surface area contributed by atoms with Gasteiger partial charge in [0.25, 0.3) is 0 Å². The number of carboxylic acid groups (broad SMARTS) is 1. The van der Waals surface area contributed by atoms with Crippen LogP contribution in [0.15, 0.2) is 24.3 Å². The fourth-order valence-electron chi connectivity index (χ4n) is 3.08. The van der Waals surface area contributed by atoms with E-state index in [2.05, 4.69) is 15.5 Å². The van der Waals surface area contributed by atoms with E-state index < -0.39 is 5.97 Å². The smallest absolute Gasteiger partial charge is 0.306 e. The van der Waals surface area contributed by atoms with Gasteiger partial charge in [-0.2, -0.15) is 5.10 Å². The molecule has 3 rings (SSSR count). The molecule has 1 aromatic carbocycles. The Labute approximate surface area is 123 Å². The van der Waals surface area contributed by atoms with Gasteiger partial charge in [0.2, 0.25) is 0 Å². The fraction of sp³-hybridized carbons (Fsp3) is 0.438. The first-order valence-electron chi connectivity index (χ1n) is 7.36. The van der Waals surface area contributed by atoms with Crippen LogP contribution in [0.1, 0.15) is 31.4 Å². The lowest BCUT2D eigenvalue weighted by Crippen LogP contribution is -2.31. The van der Waals surface area contributed by atoms with E-state index >= 15 is 0 Å². The van der Waals surface area contributed by atoms with Crippen molar-refractivity contribution in [3.05, 3.63) is 30.0 Å². The second-order valence-electron chi connectivity index (χ2n) is 5.72. The molecule has 0 amide bonds. The summed E-state index contributed by atoms with van der Waals surface area (Å²) in [6, 6.07) is 8.18. The SMILES string of the molecule is Cc1nnc(NC2CCCC(C(=O)O)C2)c2ccccc12. The lowest BCUT2D eigenvalue weighted by atomic mass is 9.86. The van der Waals surface area contributed by atoms with Crippen molar-refractivity contribution in [2.45, 2.75) is 38.6 Å². The summed E-state index contributed by atoms with van der Waals surface area (Å²) in [6.07, 6.45) is 3.34. The first kappa shape index (κ1) is 13.8. The Morgan fingerprint density at radius 3 is 2.76 bits per heavy atom. The van der Waals surface area contributed by atoms with Crippen molar-refractivity contribution < 1.29 is 9.90 Å². The summed E-state index contributed by atoms with van der Waals surface area (Å²) in [4.78, 5) is 11.2. The second-order valence-corrected chi connectivity index (χ2v) is 5.72. The zero-order valence-corrected chi connectivity index (χ0v) is 12.0. The second kappa shape index (κ2) is 5.68. The van der Waals surface area contributed by atoms with E-state index in [1.165, 1.54) is 0 Å². The predicted molar refractivity (Wildman–Crippen MR) is 81.3 cm³/mol. The molecule has 5 heteroatoms. The first-order chi connectivity index (χ1) is 10.1. The molecule has 0 aliphatic heterocycles. The highest BCUT2D eigenvalue weighted by atomic mass is 16.4. The van der Waals surface area contributed by atoms with Crippen molar-refractivity contribution in [3.8, 4) is 0 Å². The number of benzene rings is 1. The lowest BCUT2D eigenvalue weighted by molar-refractivity contribution is -0.142. The average molecular weight is 285 g/mol. The Kier molecular flexibility index (Phi) is 3.73. The van der Waals surface area contributed by atoms with Gasteiger partial charge >= 0.3 is 5.97 Å². The molecule has 0 spiro atoms. The number of carbonyl (C=O) groups is 1. The van der Waals surface area contributed by atoms with Gasteiger partial charge in [0.1, 0.15) is 0 Å². The van der Waals surface area contributed by atoms with Crippen LogP contribution in [0.25, 0.3) is 10.8 Å². The van der Waals surface area contributed by atoms with E-state index in [4.69, 9.17) is 0 Å². The fourth-order valence-corrected chi connectivity index (χ4v) is 3.08. The van der Waals surface area contributed by atoms with E-state index in [1.54, 1.807) is 0 Å². The Morgan fingerprint density at radius 2 is 2.00 bits per heavy atom. The molecule has 2 N–H and O–H groups in total. The zero-order chi connectivity index (χ0) is 14.8. The van der Waals surface area contributed by atoms with Gasteiger partial charge in [0.05, 0.1) is 11.6 Å². The van der Waals surface area contributed by atoms with Crippen LogP contribution < -0.4 is 5.32 Å². The van der Waals surface area contributed by atoms with Crippen molar-refractivity contribution in [2.24, 2.45) is 5.92 Å². The normalized spacial score (nSPS) is 22.1. The van der Waals surface area contributed by atoms with Crippen LogP contribution in [0.5, 0.6) is 0 Å². The Bertz CT molecular complexity index is 672. The number of aliphatic carboxylic acids is 1. The molecule has 1 fully saturated rings. The van der Waals surface area contributed by atoms with Gasteiger partial charge in [-0.05, 0) is 26.2 Å². The van der Waals surface area contributed by atoms with E-state index in [9.17, 15) is 9.90 Å². The van der Waals surface area contributed by atoms with Crippen LogP contribution in [-0.4, -0.2) is 27.3 Å². The zero-order valence-electron chi connectivity index (χ0n) is 12.0. The maximum absolute atomic E-state index is 11.2. The molecule has 0 bridgehead atoms. The highest BCUT2D eigenvalue weighted by Gasteiger charge is 2.27. The first-order valence-corrected chi connectivity index (χ1v) is 7.36. The number of aromatic nitrogens is 2. The monoisotopic (exact) mass is 285 g/mol. The average Bonchev–Trinajstić information content (AvgIpc) is 2.51. The van der Waals surface area contributed by atoms with Crippen LogP contribution >= 0.6 is 0 Å². The quantitative estimate of drug-likeness (QED) is 0.906. The molecular weight excluding hydrogens is 266 g/mol. The van der Waals surface area contributed by atoms with Crippen molar-refractivity contribution in [3.63, 3.8) is 0 Å². The predicted octanol–water partition coefficient (Wildman–Crippen LogP) is 2.99. The van der Waals surface area contributed by atoms with E-state index in [-0.39, 0.29) is 12.0 Å². The molecule has 0 radical (unpaired) electrons. The number of nitrogens with zero attached hydrogens (tertiary/aromatic N) is 2. The van der Waals surface area contributed by atoms with Crippen LogP contribution in [0.2, 0.25) is 0 Å². The van der Waals surface area contributed by atoms with Crippen LogP contribution in [-0.2, 0) is 4.79 Å². The summed E-state index contributed by atoms with van der Waals surface area (Å²) in [5.41, 5.74) is 0.906. The van der Waals surface area contributed by atoms with Crippen LogP contribution in [0, 0.1) is 12.8 Å².